The Morgan fingerprint density at radius 3 is 2.32 bits per heavy atom. The van der Waals surface area contributed by atoms with Gasteiger partial charge in [0.1, 0.15) is 11.5 Å². The number of nitrogens with zero attached hydrogens (tertiary/aromatic N) is 1. The Morgan fingerprint density at radius 2 is 1.63 bits per heavy atom. The molecule has 0 bridgehead atoms. The van der Waals surface area contributed by atoms with Crippen LogP contribution in [-0.2, 0) is 6.42 Å². The lowest BCUT2D eigenvalue weighted by Crippen LogP contribution is -2.36. The Kier molecular flexibility index (Phi) is 8.08. The summed E-state index contributed by atoms with van der Waals surface area (Å²) in [5, 5.41) is 2.95. The van der Waals surface area contributed by atoms with Crippen LogP contribution in [0.4, 0.5) is 5.69 Å². The molecule has 1 aliphatic heterocycles. The van der Waals surface area contributed by atoms with E-state index in [0.29, 0.717) is 34.2 Å². The number of Topliss-reactive ketones (excluding diaryl/α,β-unsaturated/α-hetero) is 1. The van der Waals surface area contributed by atoms with Crippen LogP contribution in [0.3, 0.4) is 0 Å². The molecule has 1 heterocycles. The number of methoxy groups -OCH3 is 2. The molecule has 0 spiro atoms. The highest BCUT2D eigenvalue weighted by Gasteiger charge is 2.31. The number of likely N-dealkylation sites (tertiary alicyclic amines) is 1. The summed E-state index contributed by atoms with van der Waals surface area (Å²) < 4.78 is 10.6. The van der Waals surface area contributed by atoms with Crippen molar-refractivity contribution >= 4 is 17.4 Å². The molecule has 2 aliphatic rings. The van der Waals surface area contributed by atoms with Crippen LogP contribution in [-0.4, -0.2) is 50.4 Å². The number of hydrogen-bond acceptors (Lipinski definition) is 5. The highest BCUT2D eigenvalue weighted by Crippen LogP contribution is 2.33. The average molecular weight is 513 g/mol. The number of benzene rings is 3. The van der Waals surface area contributed by atoms with Crippen LogP contribution in [0.5, 0.6) is 11.5 Å². The van der Waals surface area contributed by atoms with Crippen molar-refractivity contribution in [3.05, 3.63) is 89.0 Å². The van der Waals surface area contributed by atoms with Gasteiger partial charge in [0, 0.05) is 40.9 Å². The fourth-order valence-corrected chi connectivity index (χ4v) is 5.88. The summed E-state index contributed by atoms with van der Waals surface area (Å²) >= 11 is 0. The molecule has 1 fully saturated rings. The predicted molar refractivity (Wildman–Crippen MR) is 150 cm³/mol. The van der Waals surface area contributed by atoms with Crippen LogP contribution in [0.15, 0.2) is 66.7 Å². The number of rotatable bonds is 8. The molecule has 1 unspecified atom stereocenters. The second-order valence-corrected chi connectivity index (χ2v) is 10.3. The van der Waals surface area contributed by atoms with E-state index in [2.05, 4.69) is 40.5 Å². The molecule has 1 atom stereocenters. The van der Waals surface area contributed by atoms with Crippen LogP contribution >= 0.6 is 0 Å². The summed E-state index contributed by atoms with van der Waals surface area (Å²) in [6, 6.07) is 21.5. The molecule has 38 heavy (non-hydrogen) atoms. The van der Waals surface area contributed by atoms with Crippen molar-refractivity contribution in [3.63, 3.8) is 0 Å². The van der Waals surface area contributed by atoms with E-state index in [1.165, 1.54) is 18.4 Å². The maximum Gasteiger partial charge on any atom is 0.255 e. The fourth-order valence-electron chi connectivity index (χ4n) is 5.88. The number of hydrogen-bond donors (Lipinski definition) is 1. The topological polar surface area (TPSA) is 67.9 Å². The second-order valence-electron chi connectivity index (χ2n) is 10.3. The van der Waals surface area contributed by atoms with Gasteiger partial charge < -0.3 is 19.7 Å². The highest BCUT2D eigenvalue weighted by molar-refractivity contribution is 6.09. The number of ketones is 1. The zero-order valence-corrected chi connectivity index (χ0v) is 22.2. The number of piperidine rings is 1. The maximum atomic E-state index is 13.4. The minimum Gasteiger partial charge on any atom is -0.497 e. The van der Waals surface area contributed by atoms with Crippen LogP contribution in [0.2, 0.25) is 0 Å². The molecule has 6 heteroatoms. The van der Waals surface area contributed by atoms with Gasteiger partial charge in [-0.25, -0.2) is 0 Å². The highest BCUT2D eigenvalue weighted by atomic mass is 16.5. The summed E-state index contributed by atoms with van der Waals surface area (Å²) in [6.07, 6.45) is 4.72. The lowest BCUT2D eigenvalue weighted by molar-refractivity contribution is 0.0877. The first-order chi connectivity index (χ1) is 18.6. The average Bonchev–Trinajstić information content (AvgIpc) is 2.97. The van der Waals surface area contributed by atoms with Gasteiger partial charge >= 0.3 is 0 Å². The van der Waals surface area contributed by atoms with Crippen molar-refractivity contribution in [2.45, 2.75) is 38.0 Å². The van der Waals surface area contributed by atoms with E-state index in [1.54, 1.807) is 38.5 Å². The number of ether oxygens (including phenoxy) is 2. The molecule has 1 N–H and O–H groups in total. The van der Waals surface area contributed by atoms with Gasteiger partial charge in [0.15, 0.2) is 5.78 Å². The SMILES string of the molecule is COc1cc(NC(=O)c2cccc3c2CCC(CCN2CCC(c4ccccc4)CC2)C3=O)cc(OC)c1. The molecule has 1 saturated heterocycles. The molecular formula is C32H36N2O4. The number of nitrogens with one attached hydrogen (secondary N) is 1. The van der Waals surface area contributed by atoms with E-state index in [-0.39, 0.29) is 17.6 Å². The molecule has 6 nitrogen and oxygen atoms in total. The van der Waals surface area contributed by atoms with Crippen molar-refractivity contribution in [2.75, 3.05) is 39.2 Å². The van der Waals surface area contributed by atoms with E-state index < -0.39 is 0 Å². The molecule has 5 rings (SSSR count). The van der Waals surface area contributed by atoms with Gasteiger partial charge in [-0.1, -0.05) is 42.5 Å². The molecule has 1 amide bonds. The standard InChI is InChI=1S/C32H36N2O4/c1-37-26-19-25(20-27(21-26)38-2)33-32(36)30-10-6-9-29-28(30)12-11-24(31(29)35)15-18-34-16-13-23(14-17-34)22-7-4-3-5-8-22/h3-10,19-21,23-24H,11-18H2,1-2H3,(H,33,36). The summed E-state index contributed by atoms with van der Waals surface area (Å²) in [7, 11) is 3.14. The minimum atomic E-state index is -0.232. The molecule has 3 aromatic rings. The normalized spacial score (nSPS) is 18.1. The van der Waals surface area contributed by atoms with Gasteiger partial charge in [-0.3, -0.25) is 9.59 Å². The molecule has 3 aromatic carbocycles. The lowest BCUT2D eigenvalue weighted by Gasteiger charge is -2.33. The van der Waals surface area contributed by atoms with Crippen LogP contribution in [0.1, 0.15) is 63.4 Å². The van der Waals surface area contributed by atoms with Gasteiger partial charge in [0.25, 0.3) is 5.91 Å². The summed E-state index contributed by atoms with van der Waals surface area (Å²) in [6.45, 7) is 3.11. The predicted octanol–water partition coefficient (Wildman–Crippen LogP) is 5.97. The zero-order valence-electron chi connectivity index (χ0n) is 22.2. The molecule has 0 aromatic heterocycles. The molecule has 0 radical (unpaired) electrons. The van der Waals surface area contributed by atoms with Crippen LogP contribution < -0.4 is 14.8 Å². The van der Waals surface area contributed by atoms with E-state index >= 15 is 0 Å². The van der Waals surface area contributed by atoms with E-state index in [0.717, 1.165) is 44.5 Å². The van der Waals surface area contributed by atoms with Gasteiger partial charge in [0.05, 0.1) is 14.2 Å². The first-order valence-electron chi connectivity index (χ1n) is 13.5. The van der Waals surface area contributed by atoms with Gasteiger partial charge in [-0.05, 0) is 74.8 Å². The Balaban J connectivity index is 1.20. The summed E-state index contributed by atoms with van der Waals surface area (Å²) in [5.41, 5.74) is 4.13. The third-order valence-electron chi connectivity index (χ3n) is 8.06. The third kappa shape index (κ3) is 5.76. The lowest BCUT2D eigenvalue weighted by atomic mass is 9.79. The van der Waals surface area contributed by atoms with E-state index in [9.17, 15) is 9.59 Å². The van der Waals surface area contributed by atoms with Crippen molar-refractivity contribution in [2.24, 2.45) is 5.92 Å². The number of amides is 1. The van der Waals surface area contributed by atoms with E-state index in [4.69, 9.17) is 9.47 Å². The second kappa shape index (κ2) is 11.8. The van der Waals surface area contributed by atoms with Gasteiger partial charge in [0.2, 0.25) is 0 Å². The third-order valence-corrected chi connectivity index (χ3v) is 8.06. The van der Waals surface area contributed by atoms with Crippen molar-refractivity contribution < 1.29 is 19.1 Å². The number of fused-ring (bicyclic) bond motifs is 1. The molecule has 198 valence electrons. The Morgan fingerprint density at radius 1 is 0.921 bits per heavy atom. The van der Waals surface area contributed by atoms with Gasteiger partial charge in [-0.15, -0.1) is 0 Å². The Bertz CT molecular complexity index is 1260. The summed E-state index contributed by atoms with van der Waals surface area (Å²) in [5.74, 6) is 1.77. The van der Waals surface area contributed by atoms with Gasteiger partial charge in [-0.2, -0.15) is 0 Å². The summed E-state index contributed by atoms with van der Waals surface area (Å²) in [4.78, 5) is 29.2. The monoisotopic (exact) mass is 512 g/mol. The van der Waals surface area contributed by atoms with Crippen molar-refractivity contribution in [1.82, 2.24) is 4.90 Å². The van der Waals surface area contributed by atoms with Crippen LogP contribution in [0.25, 0.3) is 0 Å². The first-order valence-corrected chi connectivity index (χ1v) is 13.5. The first kappa shape index (κ1) is 26.0. The van der Waals surface area contributed by atoms with Crippen molar-refractivity contribution in [3.8, 4) is 11.5 Å². The van der Waals surface area contributed by atoms with E-state index in [1.807, 2.05) is 12.1 Å². The Labute approximate surface area is 225 Å². The van der Waals surface area contributed by atoms with Crippen molar-refractivity contribution in [1.29, 1.82) is 0 Å². The van der Waals surface area contributed by atoms with Crippen LogP contribution in [0, 0.1) is 5.92 Å². The molecular weight excluding hydrogens is 476 g/mol. The number of carbonyl (C=O) groups excluding carboxylic acids is 2. The molecule has 0 saturated carbocycles. The quantitative estimate of drug-likeness (QED) is 0.403. The number of anilines is 1. The maximum absolute atomic E-state index is 13.4. The molecule has 1 aliphatic carbocycles. The largest absolute Gasteiger partial charge is 0.497 e. The fraction of sp³-hybridized carbons (Fsp3) is 0.375. The smallest absolute Gasteiger partial charge is 0.255 e. The number of carbonyl (C=O) groups is 2. The Hall–Kier alpha value is -3.64. The minimum absolute atomic E-state index is 0.00954. The zero-order chi connectivity index (χ0) is 26.5.